The highest BCUT2D eigenvalue weighted by Gasteiger charge is 2.18. The number of anilines is 1. The number of carbonyl (C=O) groups is 1. The van der Waals surface area contributed by atoms with E-state index in [2.05, 4.69) is 54.5 Å². The minimum atomic E-state index is -0.0887. The average molecular weight is 515 g/mol. The molecule has 1 heterocycles. The van der Waals surface area contributed by atoms with Crippen molar-refractivity contribution in [3.8, 4) is 11.4 Å². The normalized spacial score (nSPS) is 11.4. The van der Waals surface area contributed by atoms with Crippen LogP contribution in [0, 0.1) is 20.8 Å². The van der Waals surface area contributed by atoms with Crippen LogP contribution in [-0.2, 0) is 16.8 Å². The minimum absolute atomic E-state index is 0.0837. The number of nitrogens with zero attached hydrogens (tertiary/aromatic N) is 3. The maximum absolute atomic E-state index is 12.8. The molecule has 0 spiro atoms. The number of aromatic nitrogens is 3. The molecule has 192 valence electrons. The van der Waals surface area contributed by atoms with Gasteiger partial charge in [-0.2, -0.15) is 0 Å². The summed E-state index contributed by atoms with van der Waals surface area (Å²) in [5.74, 6) is 1.57. The summed E-state index contributed by atoms with van der Waals surface area (Å²) in [6, 6.07) is 22.2. The fourth-order valence-corrected chi connectivity index (χ4v) is 4.69. The highest BCUT2D eigenvalue weighted by Crippen LogP contribution is 2.27. The summed E-state index contributed by atoms with van der Waals surface area (Å²) < 4.78 is 8.05. The van der Waals surface area contributed by atoms with E-state index in [4.69, 9.17) is 4.74 Å². The molecule has 37 heavy (non-hydrogen) atoms. The Morgan fingerprint density at radius 3 is 2.41 bits per heavy atom. The number of hydrogen-bond donors (Lipinski definition) is 1. The quantitative estimate of drug-likeness (QED) is 0.262. The van der Waals surface area contributed by atoms with Crippen LogP contribution in [0.25, 0.3) is 5.69 Å². The predicted octanol–water partition coefficient (Wildman–Crippen LogP) is 6.80. The van der Waals surface area contributed by atoms with Gasteiger partial charge in [0.2, 0.25) is 5.91 Å². The maximum Gasteiger partial charge on any atom is 0.234 e. The molecule has 0 fully saturated rings. The highest BCUT2D eigenvalue weighted by atomic mass is 32.2. The molecule has 0 atom stereocenters. The Balaban J connectivity index is 1.51. The molecular formula is C30H34N4O2S. The largest absolute Gasteiger partial charge is 0.486 e. The van der Waals surface area contributed by atoms with E-state index >= 15 is 0 Å². The molecule has 0 aliphatic rings. The van der Waals surface area contributed by atoms with Gasteiger partial charge in [0, 0.05) is 11.4 Å². The molecular weight excluding hydrogens is 480 g/mol. The number of aryl methyl sites for hydroxylation is 2. The Labute approximate surface area is 223 Å². The van der Waals surface area contributed by atoms with E-state index < -0.39 is 0 Å². The third kappa shape index (κ3) is 6.60. The van der Waals surface area contributed by atoms with E-state index in [0.717, 1.165) is 33.8 Å². The van der Waals surface area contributed by atoms with Crippen LogP contribution in [0.15, 0.2) is 71.9 Å². The first-order valence-electron chi connectivity index (χ1n) is 12.4. The molecule has 0 saturated carbocycles. The summed E-state index contributed by atoms with van der Waals surface area (Å²) in [7, 11) is 0. The van der Waals surface area contributed by atoms with Crippen molar-refractivity contribution in [3.63, 3.8) is 0 Å². The van der Waals surface area contributed by atoms with Crippen LogP contribution in [0.4, 0.5) is 5.69 Å². The molecule has 1 amide bonds. The monoisotopic (exact) mass is 514 g/mol. The predicted molar refractivity (Wildman–Crippen MR) is 151 cm³/mol. The molecule has 3 aromatic carbocycles. The summed E-state index contributed by atoms with van der Waals surface area (Å²) in [6.07, 6.45) is 0. The molecule has 0 unspecified atom stereocenters. The van der Waals surface area contributed by atoms with Crippen LogP contribution in [0.5, 0.6) is 5.75 Å². The number of nitrogens with one attached hydrogen (secondary N) is 1. The first-order chi connectivity index (χ1) is 17.6. The molecule has 7 heteroatoms. The van der Waals surface area contributed by atoms with Gasteiger partial charge in [0.25, 0.3) is 0 Å². The summed E-state index contributed by atoms with van der Waals surface area (Å²) in [4.78, 5) is 12.8. The van der Waals surface area contributed by atoms with Crippen molar-refractivity contribution in [2.45, 2.75) is 58.7 Å². The number of thioether (sulfide) groups is 1. The molecule has 0 bridgehead atoms. The van der Waals surface area contributed by atoms with Crippen molar-refractivity contribution in [2.75, 3.05) is 11.1 Å². The summed E-state index contributed by atoms with van der Waals surface area (Å²) >= 11 is 1.35. The SMILES string of the molecule is Cc1cccc(-n2c(COc3ccc(C(C)(C)C)cc3)nnc2SCC(=O)Nc2cccc(C)c2C)c1. The third-order valence-corrected chi connectivity index (χ3v) is 7.19. The van der Waals surface area contributed by atoms with E-state index in [0.29, 0.717) is 11.0 Å². The smallest absolute Gasteiger partial charge is 0.234 e. The minimum Gasteiger partial charge on any atom is -0.486 e. The fraction of sp³-hybridized carbons (Fsp3) is 0.300. The van der Waals surface area contributed by atoms with Gasteiger partial charge in [0.15, 0.2) is 11.0 Å². The number of carbonyl (C=O) groups excluding carboxylic acids is 1. The van der Waals surface area contributed by atoms with Crippen molar-refractivity contribution >= 4 is 23.4 Å². The Morgan fingerprint density at radius 2 is 1.70 bits per heavy atom. The molecule has 1 aromatic heterocycles. The van der Waals surface area contributed by atoms with Gasteiger partial charge in [-0.3, -0.25) is 9.36 Å². The lowest BCUT2D eigenvalue weighted by Gasteiger charge is -2.19. The molecule has 0 saturated heterocycles. The van der Waals surface area contributed by atoms with Gasteiger partial charge in [-0.05, 0) is 78.8 Å². The molecule has 0 aliphatic heterocycles. The van der Waals surface area contributed by atoms with E-state index in [1.165, 1.54) is 17.3 Å². The van der Waals surface area contributed by atoms with Crippen LogP contribution in [0.3, 0.4) is 0 Å². The Kier molecular flexibility index (Phi) is 8.03. The lowest BCUT2D eigenvalue weighted by atomic mass is 9.87. The van der Waals surface area contributed by atoms with Crippen LogP contribution in [-0.4, -0.2) is 26.4 Å². The van der Waals surface area contributed by atoms with Crippen molar-refractivity contribution in [2.24, 2.45) is 0 Å². The molecule has 6 nitrogen and oxygen atoms in total. The second-order valence-electron chi connectivity index (χ2n) is 10.2. The second kappa shape index (κ2) is 11.2. The summed E-state index contributed by atoms with van der Waals surface area (Å²) in [6.45, 7) is 12.9. The van der Waals surface area contributed by atoms with Crippen molar-refractivity contribution in [1.82, 2.24) is 14.8 Å². The highest BCUT2D eigenvalue weighted by molar-refractivity contribution is 7.99. The first kappa shape index (κ1) is 26.5. The van der Waals surface area contributed by atoms with Crippen LogP contribution in [0.1, 0.15) is 48.8 Å². The third-order valence-electron chi connectivity index (χ3n) is 6.26. The van der Waals surface area contributed by atoms with E-state index in [1.54, 1.807) is 0 Å². The average Bonchev–Trinajstić information content (AvgIpc) is 3.27. The zero-order valence-corrected chi connectivity index (χ0v) is 23.1. The van der Waals surface area contributed by atoms with Crippen LogP contribution >= 0.6 is 11.8 Å². The van der Waals surface area contributed by atoms with Crippen molar-refractivity contribution < 1.29 is 9.53 Å². The molecule has 0 radical (unpaired) electrons. The lowest BCUT2D eigenvalue weighted by molar-refractivity contribution is -0.113. The van der Waals surface area contributed by atoms with Gasteiger partial charge in [-0.1, -0.05) is 68.9 Å². The van der Waals surface area contributed by atoms with E-state index in [-0.39, 0.29) is 23.7 Å². The van der Waals surface area contributed by atoms with E-state index in [1.807, 2.05) is 73.9 Å². The van der Waals surface area contributed by atoms with Gasteiger partial charge in [-0.15, -0.1) is 10.2 Å². The van der Waals surface area contributed by atoms with Gasteiger partial charge >= 0.3 is 0 Å². The lowest BCUT2D eigenvalue weighted by Crippen LogP contribution is -2.15. The van der Waals surface area contributed by atoms with Gasteiger partial charge in [0.05, 0.1) is 5.75 Å². The van der Waals surface area contributed by atoms with Crippen LogP contribution < -0.4 is 10.1 Å². The van der Waals surface area contributed by atoms with Gasteiger partial charge in [0.1, 0.15) is 12.4 Å². The zero-order chi connectivity index (χ0) is 26.6. The Morgan fingerprint density at radius 1 is 0.973 bits per heavy atom. The van der Waals surface area contributed by atoms with Crippen molar-refractivity contribution in [3.05, 3.63) is 94.8 Å². The number of ether oxygens (including phenoxy) is 1. The Hall–Kier alpha value is -3.58. The standard InChI is InChI=1S/C30H34N4O2S/c1-20-9-7-11-24(17-20)34-27(18-36-25-15-13-23(14-16-25)30(4,5)6)32-33-29(34)37-19-28(35)31-26-12-8-10-21(2)22(26)3/h7-17H,18-19H2,1-6H3,(H,31,35). The van der Waals surface area contributed by atoms with Gasteiger partial charge < -0.3 is 10.1 Å². The number of rotatable bonds is 8. The topological polar surface area (TPSA) is 69.0 Å². The Bertz CT molecular complexity index is 1390. The molecule has 4 rings (SSSR count). The maximum atomic E-state index is 12.8. The van der Waals surface area contributed by atoms with E-state index in [9.17, 15) is 4.79 Å². The fourth-order valence-electron chi connectivity index (χ4n) is 3.92. The summed E-state index contributed by atoms with van der Waals surface area (Å²) in [5.41, 5.74) is 6.43. The number of benzene rings is 3. The second-order valence-corrected chi connectivity index (χ2v) is 11.2. The molecule has 1 N–H and O–H groups in total. The van der Waals surface area contributed by atoms with Crippen LogP contribution in [0.2, 0.25) is 0 Å². The van der Waals surface area contributed by atoms with Crippen molar-refractivity contribution in [1.29, 1.82) is 0 Å². The molecule has 0 aliphatic carbocycles. The summed E-state index contributed by atoms with van der Waals surface area (Å²) in [5, 5.41) is 12.5. The zero-order valence-electron chi connectivity index (χ0n) is 22.3. The number of amides is 1. The molecule has 4 aromatic rings. The number of hydrogen-bond acceptors (Lipinski definition) is 5. The van der Waals surface area contributed by atoms with Gasteiger partial charge in [-0.25, -0.2) is 0 Å². The first-order valence-corrected chi connectivity index (χ1v) is 13.3.